The van der Waals surface area contributed by atoms with Gasteiger partial charge >= 0.3 is 6.03 Å². The van der Waals surface area contributed by atoms with Crippen molar-refractivity contribution >= 4 is 23.2 Å². The van der Waals surface area contributed by atoms with Crippen LogP contribution < -0.4 is 16.0 Å². The number of aromatic nitrogens is 2. The molecule has 6 nitrogen and oxygen atoms in total. The molecule has 1 atom stereocenters. The van der Waals surface area contributed by atoms with Gasteiger partial charge in [0.25, 0.3) is 0 Å². The largest absolute Gasteiger partial charge is 0.354 e. The molecule has 3 N–H and O–H groups in total. The highest BCUT2D eigenvalue weighted by Gasteiger charge is 2.09. The second-order valence-corrected chi connectivity index (χ2v) is 5.52. The van der Waals surface area contributed by atoms with Gasteiger partial charge in [-0.1, -0.05) is 18.2 Å². The number of anilines is 3. The van der Waals surface area contributed by atoms with Crippen LogP contribution in [0.2, 0.25) is 0 Å². The molecule has 0 bridgehead atoms. The molecule has 3 aromatic rings. The lowest BCUT2D eigenvalue weighted by Crippen LogP contribution is -2.31. The second kappa shape index (κ2) is 7.92. The van der Waals surface area contributed by atoms with Crippen LogP contribution in [0.1, 0.15) is 18.5 Å². The molecule has 1 aromatic carbocycles. The van der Waals surface area contributed by atoms with E-state index in [9.17, 15) is 4.79 Å². The molecule has 2 heterocycles. The summed E-state index contributed by atoms with van der Waals surface area (Å²) < 4.78 is 0. The summed E-state index contributed by atoms with van der Waals surface area (Å²) in [6.07, 6.45) is 5.08. The van der Waals surface area contributed by atoms with Crippen LogP contribution >= 0.6 is 0 Å². The summed E-state index contributed by atoms with van der Waals surface area (Å²) in [6, 6.07) is 16.7. The van der Waals surface area contributed by atoms with E-state index < -0.39 is 0 Å². The van der Waals surface area contributed by atoms with E-state index in [1.165, 1.54) is 0 Å². The lowest BCUT2D eigenvalue weighted by atomic mass is 10.1. The highest BCUT2D eigenvalue weighted by molar-refractivity contribution is 5.88. The Labute approximate surface area is 146 Å². The highest BCUT2D eigenvalue weighted by Crippen LogP contribution is 2.16. The minimum absolute atomic E-state index is 0.123. The quantitative estimate of drug-likeness (QED) is 0.657. The van der Waals surface area contributed by atoms with Crippen LogP contribution in [0.5, 0.6) is 0 Å². The fourth-order valence-corrected chi connectivity index (χ4v) is 2.31. The first-order chi connectivity index (χ1) is 12.2. The van der Waals surface area contributed by atoms with Crippen LogP contribution in [0.25, 0.3) is 0 Å². The molecule has 2 amide bonds. The van der Waals surface area contributed by atoms with E-state index in [-0.39, 0.29) is 12.1 Å². The van der Waals surface area contributed by atoms with Crippen molar-refractivity contribution < 1.29 is 4.79 Å². The zero-order valence-electron chi connectivity index (χ0n) is 13.8. The minimum Gasteiger partial charge on any atom is -0.354 e. The Balaban J connectivity index is 1.55. The van der Waals surface area contributed by atoms with Gasteiger partial charge in [-0.2, -0.15) is 0 Å². The number of rotatable bonds is 5. The number of carbonyl (C=O) groups is 1. The average Bonchev–Trinajstić information content (AvgIpc) is 2.65. The highest BCUT2D eigenvalue weighted by atomic mass is 16.2. The lowest BCUT2D eigenvalue weighted by Gasteiger charge is -2.14. The summed E-state index contributed by atoms with van der Waals surface area (Å²) in [5.74, 6) is 0.484. The number of para-hydroxylation sites is 1. The molecule has 0 aliphatic rings. The van der Waals surface area contributed by atoms with Crippen molar-refractivity contribution in [1.82, 2.24) is 15.3 Å². The van der Waals surface area contributed by atoms with Gasteiger partial charge < -0.3 is 10.6 Å². The maximum Gasteiger partial charge on any atom is 0.320 e. The molecule has 0 saturated carbocycles. The Kier molecular flexibility index (Phi) is 5.21. The molecule has 0 fully saturated rings. The number of nitrogens with one attached hydrogen (secondary N) is 3. The van der Waals surface area contributed by atoms with E-state index in [1.807, 2.05) is 55.5 Å². The Morgan fingerprint density at radius 1 is 0.960 bits per heavy atom. The molecular weight excluding hydrogens is 314 g/mol. The zero-order valence-corrected chi connectivity index (χ0v) is 13.8. The van der Waals surface area contributed by atoms with E-state index in [2.05, 4.69) is 25.9 Å². The van der Waals surface area contributed by atoms with Gasteiger partial charge in [0.05, 0.1) is 17.9 Å². The Bertz CT molecular complexity index is 806. The number of hydrogen-bond acceptors (Lipinski definition) is 4. The lowest BCUT2D eigenvalue weighted by molar-refractivity contribution is 0.249. The summed E-state index contributed by atoms with van der Waals surface area (Å²) in [5.41, 5.74) is 2.82. The third kappa shape index (κ3) is 4.78. The van der Waals surface area contributed by atoms with Gasteiger partial charge in [0.15, 0.2) is 0 Å². The fourth-order valence-electron chi connectivity index (χ4n) is 2.31. The number of pyridine rings is 2. The normalized spacial score (nSPS) is 11.4. The van der Waals surface area contributed by atoms with E-state index in [0.717, 1.165) is 16.9 Å². The third-order valence-corrected chi connectivity index (χ3v) is 3.62. The zero-order chi connectivity index (χ0) is 17.5. The first kappa shape index (κ1) is 16.4. The number of hydrogen-bond donors (Lipinski definition) is 3. The van der Waals surface area contributed by atoms with E-state index in [1.54, 1.807) is 24.7 Å². The Morgan fingerprint density at radius 2 is 1.72 bits per heavy atom. The van der Waals surface area contributed by atoms with E-state index >= 15 is 0 Å². The Morgan fingerprint density at radius 3 is 2.40 bits per heavy atom. The molecule has 0 spiro atoms. The van der Waals surface area contributed by atoms with Crippen LogP contribution in [0, 0.1) is 0 Å². The van der Waals surface area contributed by atoms with Crippen LogP contribution in [0.4, 0.5) is 22.0 Å². The molecule has 0 radical (unpaired) electrons. The van der Waals surface area contributed by atoms with Gasteiger partial charge in [0.1, 0.15) is 5.82 Å². The predicted octanol–water partition coefficient (Wildman–Crippen LogP) is 4.10. The van der Waals surface area contributed by atoms with Crippen molar-refractivity contribution in [3.63, 3.8) is 0 Å². The maximum absolute atomic E-state index is 12.1. The van der Waals surface area contributed by atoms with Crippen molar-refractivity contribution in [2.24, 2.45) is 0 Å². The van der Waals surface area contributed by atoms with Gasteiger partial charge in [0.2, 0.25) is 0 Å². The van der Waals surface area contributed by atoms with Gasteiger partial charge in [-0.3, -0.25) is 10.3 Å². The summed E-state index contributed by atoms with van der Waals surface area (Å²) in [4.78, 5) is 20.3. The maximum atomic E-state index is 12.1. The van der Waals surface area contributed by atoms with Crippen molar-refractivity contribution in [1.29, 1.82) is 0 Å². The first-order valence-electron chi connectivity index (χ1n) is 7.96. The predicted molar refractivity (Wildman–Crippen MR) is 98.8 cm³/mol. The van der Waals surface area contributed by atoms with Crippen LogP contribution in [-0.2, 0) is 0 Å². The minimum atomic E-state index is -0.305. The summed E-state index contributed by atoms with van der Waals surface area (Å²) in [5, 5.41) is 8.84. The third-order valence-electron chi connectivity index (χ3n) is 3.62. The molecule has 1 unspecified atom stereocenters. The van der Waals surface area contributed by atoms with Gasteiger partial charge in [0, 0.05) is 18.1 Å². The number of carbonyl (C=O) groups excluding carboxylic acids is 1. The molecule has 6 heteroatoms. The number of nitrogens with zero attached hydrogens (tertiary/aromatic N) is 2. The molecule has 0 aliphatic heterocycles. The fraction of sp³-hybridized carbons (Fsp3) is 0.105. The molecule has 0 saturated heterocycles. The van der Waals surface area contributed by atoms with Gasteiger partial charge in [-0.05, 0) is 48.9 Å². The van der Waals surface area contributed by atoms with Crippen LogP contribution in [0.3, 0.4) is 0 Å². The number of benzene rings is 1. The SMILES string of the molecule is CC(NC(=O)Nc1ccc(Nc2ccccc2)cn1)c1ccncc1. The number of amides is 2. The molecular formula is C19H19N5O. The summed E-state index contributed by atoms with van der Waals surface area (Å²) in [6.45, 7) is 1.91. The topological polar surface area (TPSA) is 78.9 Å². The monoisotopic (exact) mass is 333 g/mol. The summed E-state index contributed by atoms with van der Waals surface area (Å²) >= 11 is 0. The van der Waals surface area contributed by atoms with Gasteiger partial charge in [-0.25, -0.2) is 9.78 Å². The smallest absolute Gasteiger partial charge is 0.320 e. The molecule has 25 heavy (non-hydrogen) atoms. The second-order valence-electron chi connectivity index (χ2n) is 5.52. The van der Waals surface area contributed by atoms with Crippen molar-refractivity contribution in [3.8, 4) is 0 Å². The summed E-state index contributed by atoms with van der Waals surface area (Å²) in [7, 11) is 0. The van der Waals surface area contributed by atoms with E-state index in [4.69, 9.17) is 0 Å². The standard InChI is InChI=1S/C19H19N5O/c1-14(15-9-11-20-12-10-15)22-19(25)24-18-8-7-17(13-21-18)23-16-5-3-2-4-6-16/h2-14,23H,1H3,(H2,21,22,24,25). The first-order valence-corrected chi connectivity index (χ1v) is 7.96. The van der Waals surface area contributed by atoms with Crippen molar-refractivity contribution in [3.05, 3.63) is 78.8 Å². The molecule has 2 aromatic heterocycles. The van der Waals surface area contributed by atoms with Crippen molar-refractivity contribution in [2.75, 3.05) is 10.6 Å². The Hall–Kier alpha value is -3.41. The number of urea groups is 1. The molecule has 126 valence electrons. The van der Waals surface area contributed by atoms with Gasteiger partial charge in [-0.15, -0.1) is 0 Å². The molecule has 3 rings (SSSR count). The average molecular weight is 333 g/mol. The van der Waals surface area contributed by atoms with Crippen LogP contribution in [0.15, 0.2) is 73.2 Å². The van der Waals surface area contributed by atoms with E-state index in [0.29, 0.717) is 5.82 Å². The van der Waals surface area contributed by atoms with Crippen LogP contribution in [-0.4, -0.2) is 16.0 Å². The van der Waals surface area contributed by atoms with Crippen molar-refractivity contribution in [2.45, 2.75) is 13.0 Å². The molecule has 0 aliphatic carbocycles.